The van der Waals surface area contributed by atoms with Crippen molar-refractivity contribution >= 4 is 0 Å². The molecule has 1 aromatic carbocycles. The molecule has 0 aliphatic carbocycles. The molecule has 0 amide bonds. The van der Waals surface area contributed by atoms with E-state index >= 15 is 0 Å². The molecule has 19 heavy (non-hydrogen) atoms. The van der Waals surface area contributed by atoms with Gasteiger partial charge in [0.05, 0.1) is 6.04 Å². The molecule has 1 heterocycles. The number of hydrogen-bond acceptors (Lipinski definition) is 3. The summed E-state index contributed by atoms with van der Waals surface area (Å²) in [6.07, 6.45) is 3.31. The molecule has 1 N–H and O–H groups in total. The topological polar surface area (TPSA) is 37.8 Å². The van der Waals surface area contributed by atoms with Crippen molar-refractivity contribution in [3.8, 4) is 0 Å². The molecule has 0 bridgehead atoms. The first-order valence-corrected chi connectivity index (χ1v) is 6.09. The quantitative estimate of drug-likeness (QED) is 0.921. The van der Waals surface area contributed by atoms with Crippen molar-refractivity contribution in [1.29, 1.82) is 0 Å². The van der Waals surface area contributed by atoms with Crippen molar-refractivity contribution in [1.82, 2.24) is 15.3 Å². The zero-order valence-electron chi connectivity index (χ0n) is 10.8. The van der Waals surface area contributed by atoms with Crippen molar-refractivity contribution < 1.29 is 8.78 Å². The first-order valence-electron chi connectivity index (χ1n) is 6.09. The number of aromatic nitrogens is 2. The van der Waals surface area contributed by atoms with Crippen LogP contribution in [0, 0.1) is 18.6 Å². The van der Waals surface area contributed by atoms with Gasteiger partial charge in [-0.2, -0.15) is 0 Å². The van der Waals surface area contributed by atoms with E-state index in [-0.39, 0.29) is 5.56 Å². The highest BCUT2D eigenvalue weighted by Crippen LogP contribution is 2.23. The number of nitrogens with one attached hydrogen (secondary N) is 1. The molecule has 0 aliphatic rings. The van der Waals surface area contributed by atoms with Gasteiger partial charge in [0.15, 0.2) is 11.6 Å². The smallest absolute Gasteiger partial charge is 0.164 e. The lowest BCUT2D eigenvalue weighted by molar-refractivity contribution is 0.478. The minimum atomic E-state index is -0.868. The Kier molecular flexibility index (Phi) is 4.16. The lowest BCUT2D eigenvalue weighted by Crippen LogP contribution is -2.25. The van der Waals surface area contributed by atoms with Gasteiger partial charge in [0.2, 0.25) is 0 Å². The summed E-state index contributed by atoms with van der Waals surface area (Å²) in [4.78, 5) is 8.36. The van der Waals surface area contributed by atoms with Crippen molar-refractivity contribution in [3.05, 3.63) is 59.2 Å². The number of halogens is 2. The maximum absolute atomic E-state index is 13.9. The third-order valence-electron chi connectivity index (χ3n) is 2.76. The Bertz CT molecular complexity index is 555. The van der Waals surface area contributed by atoms with Crippen LogP contribution >= 0.6 is 0 Å². The fourth-order valence-electron chi connectivity index (χ4n) is 1.84. The first kappa shape index (κ1) is 13.5. The first-order chi connectivity index (χ1) is 9.13. The van der Waals surface area contributed by atoms with Crippen LogP contribution in [0.1, 0.15) is 29.9 Å². The second-order valence-corrected chi connectivity index (χ2v) is 4.25. The predicted octanol–water partition coefficient (Wildman–Crippen LogP) is 2.76. The van der Waals surface area contributed by atoms with E-state index in [9.17, 15) is 8.78 Å². The molecule has 3 nitrogen and oxygen atoms in total. The van der Waals surface area contributed by atoms with Crippen molar-refractivity contribution in [2.75, 3.05) is 6.54 Å². The molecule has 0 spiro atoms. The van der Waals surface area contributed by atoms with Crippen LogP contribution in [0.4, 0.5) is 8.78 Å². The average Bonchev–Trinajstić information content (AvgIpc) is 2.41. The minimum Gasteiger partial charge on any atom is -0.304 e. The van der Waals surface area contributed by atoms with Crippen molar-refractivity contribution in [3.63, 3.8) is 0 Å². The molecule has 100 valence electrons. The number of benzene rings is 1. The minimum absolute atomic E-state index is 0.214. The molecular formula is C14H15F2N3. The van der Waals surface area contributed by atoms with Crippen LogP contribution in [-0.4, -0.2) is 16.5 Å². The van der Waals surface area contributed by atoms with Crippen molar-refractivity contribution in [2.45, 2.75) is 19.9 Å². The monoisotopic (exact) mass is 263 g/mol. The van der Waals surface area contributed by atoms with Crippen LogP contribution in [-0.2, 0) is 0 Å². The van der Waals surface area contributed by atoms with Gasteiger partial charge in [-0.15, -0.1) is 0 Å². The van der Waals surface area contributed by atoms with Crippen LogP contribution in [0.25, 0.3) is 0 Å². The number of rotatable bonds is 4. The summed E-state index contributed by atoms with van der Waals surface area (Å²) < 4.78 is 27.2. The van der Waals surface area contributed by atoms with Gasteiger partial charge in [-0.3, -0.25) is 0 Å². The van der Waals surface area contributed by atoms with Crippen LogP contribution in [0.15, 0.2) is 30.6 Å². The Morgan fingerprint density at radius 1 is 1.21 bits per heavy atom. The maximum atomic E-state index is 13.9. The van der Waals surface area contributed by atoms with Gasteiger partial charge >= 0.3 is 0 Å². The molecule has 2 rings (SSSR count). The van der Waals surface area contributed by atoms with E-state index in [2.05, 4.69) is 15.3 Å². The molecule has 0 saturated carbocycles. The molecular weight excluding hydrogens is 248 g/mol. The van der Waals surface area contributed by atoms with Crippen LogP contribution in [0.3, 0.4) is 0 Å². The van der Waals surface area contributed by atoms with Gasteiger partial charge in [-0.05, 0) is 25.1 Å². The predicted molar refractivity (Wildman–Crippen MR) is 68.6 cm³/mol. The fraction of sp³-hybridized carbons (Fsp3) is 0.286. The molecule has 5 heteroatoms. The molecule has 2 aromatic rings. The Balaban J connectivity index is 2.45. The third-order valence-corrected chi connectivity index (χ3v) is 2.76. The van der Waals surface area contributed by atoms with Gasteiger partial charge in [0.1, 0.15) is 5.82 Å². The second kappa shape index (κ2) is 5.84. The largest absolute Gasteiger partial charge is 0.304 e. The summed E-state index contributed by atoms with van der Waals surface area (Å²) in [5.41, 5.74) is 1.13. The summed E-state index contributed by atoms with van der Waals surface area (Å²) in [5.74, 6) is -1.30. The number of hydrogen-bond donors (Lipinski definition) is 1. The highest BCUT2D eigenvalue weighted by atomic mass is 19.2. The molecule has 0 radical (unpaired) electrons. The highest BCUT2D eigenvalue weighted by molar-refractivity contribution is 5.27. The van der Waals surface area contributed by atoms with E-state index in [1.807, 2.05) is 13.8 Å². The Labute approximate surface area is 110 Å². The normalized spacial score (nSPS) is 12.4. The number of aryl methyl sites for hydroxylation is 1. The highest BCUT2D eigenvalue weighted by Gasteiger charge is 2.21. The van der Waals surface area contributed by atoms with Gasteiger partial charge in [0.25, 0.3) is 0 Å². The van der Waals surface area contributed by atoms with Gasteiger partial charge in [0, 0.05) is 18.0 Å². The summed E-state index contributed by atoms with van der Waals surface area (Å²) >= 11 is 0. The van der Waals surface area contributed by atoms with Crippen LogP contribution in [0.5, 0.6) is 0 Å². The molecule has 0 saturated heterocycles. The molecule has 0 fully saturated rings. The zero-order chi connectivity index (χ0) is 13.8. The second-order valence-electron chi connectivity index (χ2n) is 4.25. The van der Waals surface area contributed by atoms with E-state index in [0.29, 0.717) is 12.4 Å². The van der Waals surface area contributed by atoms with Gasteiger partial charge in [-0.25, -0.2) is 18.7 Å². The lowest BCUT2D eigenvalue weighted by atomic mass is 10.0. The van der Waals surface area contributed by atoms with Crippen LogP contribution < -0.4 is 5.32 Å². The Hall–Kier alpha value is -1.88. The summed E-state index contributed by atoms with van der Waals surface area (Å²) in [6.45, 7) is 4.35. The Morgan fingerprint density at radius 2 is 1.89 bits per heavy atom. The molecule has 0 aliphatic heterocycles. The fourth-order valence-corrected chi connectivity index (χ4v) is 1.84. The summed E-state index contributed by atoms with van der Waals surface area (Å²) in [6, 6.07) is 3.56. The standard InChI is InChI=1S/C14H15F2N3/c1-3-17-13(14-18-7-9(2)8-19-14)10-5-4-6-11(15)12(10)16/h4-8,13,17H,3H2,1-2H3. The molecule has 1 aromatic heterocycles. The van der Waals surface area contributed by atoms with E-state index < -0.39 is 17.7 Å². The lowest BCUT2D eigenvalue weighted by Gasteiger charge is -2.17. The molecule has 1 unspecified atom stereocenters. The van der Waals surface area contributed by atoms with Gasteiger partial charge in [-0.1, -0.05) is 19.1 Å². The SMILES string of the molecule is CCNC(c1ncc(C)cn1)c1cccc(F)c1F. The summed E-state index contributed by atoms with van der Waals surface area (Å²) in [7, 11) is 0. The van der Waals surface area contributed by atoms with E-state index in [4.69, 9.17) is 0 Å². The van der Waals surface area contributed by atoms with Gasteiger partial charge < -0.3 is 5.32 Å². The van der Waals surface area contributed by atoms with E-state index in [0.717, 1.165) is 11.6 Å². The maximum Gasteiger partial charge on any atom is 0.164 e. The third kappa shape index (κ3) is 2.93. The Morgan fingerprint density at radius 3 is 2.53 bits per heavy atom. The van der Waals surface area contributed by atoms with E-state index in [1.54, 1.807) is 12.4 Å². The zero-order valence-corrected chi connectivity index (χ0v) is 10.8. The van der Waals surface area contributed by atoms with E-state index in [1.165, 1.54) is 12.1 Å². The average molecular weight is 263 g/mol. The van der Waals surface area contributed by atoms with Crippen LogP contribution in [0.2, 0.25) is 0 Å². The summed E-state index contributed by atoms with van der Waals surface area (Å²) in [5, 5.41) is 3.07. The molecule has 1 atom stereocenters. The number of nitrogens with zero attached hydrogens (tertiary/aromatic N) is 2. The van der Waals surface area contributed by atoms with Crippen molar-refractivity contribution in [2.24, 2.45) is 0 Å².